The minimum absolute atomic E-state index is 0.141. The van der Waals surface area contributed by atoms with Gasteiger partial charge in [0.15, 0.2) is 0 Å². The molecular weight excluding hydrogens is 409 g/mol. The Hall–Kier alpha value is -4.26. The summed E-state index contributed by atoms with van der Waals surface area (Å²) in [5.41, 5.74) is 3.24. The molecule has 0 aliphatic heterocycles. The van der Waals surface area contributed by atoms with Gasteiger partial charge < -0.3 is 13.7 Å². The standard InChI is InChI=1S/C25H18FN3O3/c1-15-7-9-16(10-8-15)24-28-23(29-32-24)19-13-17-11-12-18(30-2)14-22(17)31-25(19)27-21-6-4-3-5-20(21)26/h3-14H,1-2H3. The molecule has 0 unspecified atom stereocenters. The zero-order valence-electron chi connectivity index (χ0n) is 17.4. The Balaban J connectivity index is 1.71. The highest BCUT2D eigenvalue weighted by molar-refractivity contribution is 5.81. The summed E-state index contributed by atoms with van der Waals surface area (Å²) in [6.45, 7) is 2.01. The number of fused-ring (bicyclic) bond motifs is 1. The van der Waals surface area contributed by atoms with Crippen LogP contribution in [-0.4, -0.2) is 17.3 Å². The van der Waals surface area contributed by atoms with E-state index in [4.69, 9.17) is 13.7 Å². The number of halogens is 1. The normalized spacial score (nSPS) is 11.8. The Labute approximate surface area is 182 Å². The summed E-state index contributed by atoms with van der Waals surface area (Å²) in [6.07, 6.45) is 0. The van der Waals surface area contributed by atoms with Gasteiger partial charge in [0.2, 0.25) is 11.4 Å². The molecule has 0 fully saturated rings. The van der Waals surface area contributed by atoms with E-state index >= 15 is 0 Å². The van der Waals surface area contributed by atoms with Crippen molar-refractivity contribution in [3.63, 3.8) is 0 Å². The van der Waals surface area contributed by atoms with E-state index in [0.717, 1.165) is 16.5 Å². The fraction of sp³-hybridized carbons (Fsp3) is 0.0800. The molecule has 0 N–H and O–H groups in total. The van der Waals surface area contributed by atoms with Gasteiger partial charge in [0.05, 0.1) is 12.7 Å². The SMILES string of the molecule is COc1ccc2cc(-c3noc(-c4ccc(C)cc4)n3)c(=Nc3ccccc3F)oc2c1. The van der Waals surface area contributed by atoms with Crippen molar-refractivity contribution in [2.24, 2.45) is 4.99 Å². The molecule has 5 rings (SSSR count). The van der Waals surface area contributed by atoms with Gasteiger partial charge in [0, 0.05) is 17.0 Å². The predicted molar refractivity (Wildman–Crippen MR) is 118 cm³/mol. The third kappa shape index (κ3) is 3.76. The minimum Gasteiger partial charge on any atom is -0.497 e. The van der Waals surface area contributed by atoms with Crippen LogP contribution in [0.3, 0.4) is 0 Å². The van der Waals surface area contributed by atoms with Crippen LogP contribution in [0, 0.1) is 12.7 Å². The molecule has 2 heterocycles. The topological polar surface area (TPSA) is 73.7 Å². The van der Waals surface area contributed by atoms with Gasteiger partial charge in [-0.1, -0.05) is 35.0 Å². The molecule has 3 aromatic carbocycles. The van der Waals surface area contributed by atoms with E-state index in [0.29, 0.717) is 22.8 Å². The molecule has 0 aliphatic carbocycles. The molecule has 6 nitrogen and oxygen atoms in total. The van der Waals surface area contributed by atoms with Gasteiger partial charge in [0.1, 0.15) is 22.8 Å². The number of rotatable bonds is 4. The third-order valence-corrected chi connectivity index (χ3v) is 5.00. The lowest BCUT2D eigenvalue weighted by molar-refractivity contribution is 0.414. The van der Waals surface area contributed by atoms with Crippen molar-refractivity contribution in [1.82, 2.24) is 10.1 Å². The van der Waals surface area contributed by atoms with E-state index < -0.39 is 5.82 Å². The number of para-hydroxylation sites is 1. The molecule has 0 radical (unpaired) electrons. The number of nitrogens with zero attached hydrogens (tertiary/aromatic N) is 3. The minimum atomic E-state index is -0.465. The van der Waals surface area contributed by atoms with E-state index in [9.17, 15) is 4.39 Å². The molecular formula is C25H18FN3O3. The second-order valence-corrected chi connectivity index (χ2v) is 7.22. The molecule has 0 spiro atoms. The van der Waals surface area contributed by atoms with Crippen LogP contribution < -0.4 is 10.3 Å². The number of ether oxygens (including phenoxy) is 1. The highest BCUT2D eigenvalue weighted by atomic mass is 19.1. The molecule has 158 valence electrons. The van der Waals surface area contributed by atoms with Crippen LogP contribution in [0.15, 0.2) is 86.7 Å². The predicted octanol–water partition coefficient (Wildman–Crippen LogP) is 5.84. The monoisotopic (exact) mass is 427 g/mol. The number of methoxy groups -OCH3 is 1. The number of aryl methyl sites for hydroxylation is 1. The van der Waals surface area contributed by atoms with Gasteiger partial charge in [-0.05, 0) is 49.4 Å². The van der Waals surface area contributed by atoms with Gasteiger partial charge in [-0.3, -0.25) is 0 Å². The second-order valence-electron chi connectivity index (χ2n) is 7.22. The Morgan fingerprint density at radius 1 is 0.969 bits per heavy atom. The first-order valence-corrected chi connectivity index (χ1v) is 9.93. The number of hydrogen-bond donors (Lipinski definition) is 0. The summed E-state index contributed by atoms with van der Waals surface area (Å²) in [4.78, 5) is 8.94. The Morgan fingerprint density at radius 3 is 2.56 bits per heavy atom. The van der Waals surface area contributed by atoms with Crippen LogP contribution in [0.4, 0.5) is 10.1 Å². The largest absolute Gasteiger partial charge is 0.497 e. The first kappa shape index (κ1) is 19.7. The van der Waals surface area contributed by atoms with Crippen molar-refractivity contribution in [1.29, 1.82) is 0 Å². The lowest BCUT2D eigenvalue weighted by Crippen LogP contribution is -2.06. The summed E-state index contributed by atoms with van der Waals surface area (Å²) in [5, 5.41) is 4.91. The molecule has 2 aromatic heterocycles. The van der Waals surface area contributed by atoms with Crippen LogP contribution in [0.5, 0.6) is 5.75 Å². The summed E-state index contributed by atoms with van der Waals surface area (Å²) < 4.78 is 31.1. The molecule has 5 aromatic rings. The van der Waals surface area contributed by atoms with Crippen molar-refractivity contribution in [3.05, 3.63) is 89.7 Å². The fourth-order valence-electron chi connectivity index (χ4n) is 3.27. The van der Waals surface area contributed by atoms with Crippen LogP contribution in [-0.2, 0) is 0 Å². The summed E-state index contributed by atoms with van der Waals surface area (Å²) >= 11 is 0. The second kappa shape index (κ2) is 8.11. The van der Waals surface area contributed by atoms with E-state index in [1.54, 1.807) is 31.4 Å². The quantitative estimate of drug-likeness (QED) is 0.360. The Kier molecular flexibility index (Phi) is 4.99. The molecule has 0 saturated heterocycles. The van der Waals surface area contributed by atoms with Crippen molar-refractivity contribution in [2.75, 3.05) is 7.11 Å². The maximum Gasteiger partial charge on any atom is 0.258 e. The fourth-order valence-corrected chi connectivity index (χ4v) is 3.27. The van der Waals surface area contributed by atoms with Gasteiger partial charge in [-0.2, -0.15) is 4.98 Å². The van der Waals surface area contributed by atoms with Crippen molar-refractivity contribution in [2.45, 2.75) is 6.92 Å². The van der Waals surface area contributed by atoms with E-state index in [2.05, 4.69) is 15.1 Å². The summed E-state index contributed by atoms with van der Waals surface area (Å²) in [7, 11) is 1.58. The molecule has 7 heteroatoms. The Morgan fingerprint density at radius 2 is 1.78 bits per heavy atom. The molecule has 0 bridgehead atoms. The molecule has 0 saturated carbocycles. The van der Waals surface area contributed by atoms with Gasteiger partial charge in [-0.15, -0.1) is 0 Å². The first-order valence-electron chi connectivity index (χ1n) is 9.93. The van der Waals surface area contributed by atoms with Crippen LogP contribution in [0.1, 0.15) is 5.56 Å². The number of hydrogen-bond acceptors (Lipinski definition) is 6. The molecule has 0 aliphatic rings. The lowest BCUT2D eigenvalue weighted by Gasteiger charge is -2.04. The van der Waals surface area contributed by atoms with Crippen molar-refractivity contribution in [3.8, 4) is 28.6 Å². The highest BCUT2D eigenvalue weighted by Gasteiger charge is 2.16. The summed E-state index contributed by atoms with van der Waals surface area (Å²) in [6, 6.07) is 21.2. The first-order chi connectivity index (χ1) is 15.6. The zero-order chi connectivity index (χ0) is 22.1. The maximum absolute atomic E-state index is 14.3. The highest BCUT2D eigenvalue weighted by Crippen LogP contribution is 2.26. The van der Waals surface area contributed by atoms with Gasteiger partial charge in [0.25, 0.3) is 5.89 Å². The van der Waals surface area contributed by atoms with E-state index in [1.807, 2.05) is 49.4 Å². The lowest BCUT2D eigenvalue weighted by atomic mass is 10.1. The number of aromatic nitrogens is 2. The van der Waals surface area contributed by atoms with E-state index in [1.165, 1.54) is 6.07 Å². The van der Waals surface area contributed by atoms with Crippen molar-refractivity contribution < 1.29 is 18.1 Å². The summed E-state index contributed by atoms with van der Waals surface area (Å²) in [5.74, 6) is 0.823. The maximum atomic E-state index is 14.3. The van der Waals surface area contributed by atoms with Crippen LogP contribution in [0.2, 0.25) is 0 Å². The molecule has 32 heavy (non-hydrogen) atoms. The smallest absolute Gasteiger partial charge is 0.258 e. The molecule has 0 amide bonds. The van der Waals surface area contributed by atoms with Gasteiger partial charge in [-0.25, -0.2) is 9.38 Å². The third-order valence-electron chi connectivity index (χ3n) is 5.00. The average molecular weight is 427 g/mol. The van der Waals surface area contributed by atoms with Crippen molar-refractivity contribution >= 4 is 16.7 Å². The van der Waals surface area contributed by atoms with E-state index in [-0.39, 0.29) is 17.1 Å². The number of benzene rings is 3. The molecule has 0 atom stereocenters. The average Bonchev–Trinajstić information content (AvgIpc) is 3.30. The zero-order valence-corrected chi connectivity index (χ0v) is 17.4. The van der Waals surface area contributed by atoms with Gasteiger partial charge >= 0.3 is 0 Å². The Bertz CT molecular complexity index is 1490. The van der Waals surface area contributed by atoms with Crippen LogP contribution in [0.25, 0.3) is 33.8 Å². The van der Waals surface area contributed by atoms with Crippen LogP contribution >= 0.6 is 0 Å².